The summed E-state index contributed by atoms with van der Waals surface area (Å²) >= 11 is 3.40. The molecule has 24 heavy (non-hydrogen) atoms. The predicted molar refractivity (Wildman–Crippen MR) is 96.4 cm³/mol. The molecule has 0 amide bonds. The van der Waals surface area contributed by atoms with Crippen LogP contribution in [-0.2, 0) is 0 Å². The molecule has 1 heterocycles. The molecule has 1 atom stereocenters. The van der Waals surface area contributed by atoms with Crippen LogP contribution in [0.5, 0.6) is 0 Å². The number of carbonyl (C=O) groups excluding carboxylic acids is 1. The second-order valence-electron chi connectivity index (χ2n) is 5.76. The van der Waals surface area contributed by atoms with Crippen LogP contribution < -0.4 is 4.57 Å². The van der Waals surface area contributed by atoms with Gasteiger partial charge in [-0.15, -0.1) is 0 Å². The van der Waals surface area contributed by atoms with Crippen molar-refractivity contribution in [3.05, 3.63) is 76.3 Å². The van der Waals surface area contributed by atoms with Crippen molar-refractivity contribution >= 4 is 21.7 Å². The number of benzene rings is 2. The number of aromatic nitrogens is 3. The Hall–Kier alpha value is -2.27. The molecule has 0 aliphatic rings. The largest absolute Gasteiger partial charge is 0.290 e. The zero-order chi connectivity index (χ0) is 17.3. The number of carbonyl (C=O) groups is 1. The lowest BCUT2D eigenvalue weighted by atomic mass is 10.1. The van der Waals surface area contributed by atoms with Crippen LogP contribution in [0.25, 0.3) is 5.69 Å². The first-order valence-corrected chi connectivity index (χ1v) is 8.61. The Bertz CT molecular complexity index is 870. The fraction of sp³-hybridized carbons (Fsp3) is 0.211. The molecular formula is C19H19BrN3O+. The fourth-order valence-corrected chi connectivity index (χ4v) is 3.21. The minimum absolute atomic E-state index is 0.0753. The lowest BCUT2D eigenvalue weighted by Gasteiger charge is -2.10. The van der Waals surface area contributed by atoms with E-state index in [0.29, 0.717) is 5.56 Å². The summed E-state index contributed by atoms with van der Waals surface area (Å²) in [6.07, 6.45) is 0. The van der Waals surface area contributed by atoms with E-state index in [0.717, 1.165) is 21.8 Å². The quantitative estimate of drug-likeness (QED) is 0.503. The van der Waals surface area contributed by atoms with Crippen LogP contribution in [0.1, 0.15) is 35.0 Å². The number of aryl methyl sites for hydroxylation is 1. The lowest BCUT2D eigenvalue weighted by molar-refractivity contribution is -0.716. The van der Waals surface area contributed by atoms with Crippen molar-refractivity contribution in [2.45, 2.75) is 26.8 Å². The summed E-state index contributed by atoms with van der Waals surface area (Å²) in [7, 11) is 0. The maximum absolute atomic E-state index is 12.8. The minimum Gasteiger partial charge on any atom is -0.290 e. The van der Waals surface area contributed by atoms with Gasteiger partial charge in [0.2, 0.25) is 5.82 Å². The molecule has 1 unspecified atom stereocenters. The first-order chi connectivity index (χ1) is 11.5. The van der Waals surface area contributed by atoms with E-state index < -0.39 is 0 Å². The summed E-state index contributed by atoms with van der Waals surface area (Å²) in [5, 5.41) is 4.61. The second kappa shape index (κ2) is 6.69. The Morgan fingerprint density at radius 1 is 1.08 bits per heavy atom. The van der Waals surface area contributed by atoms with Crippen molar-refractivity contribution < 1.29 is 9.36 Å². The number of halogens is 1. The van der Waals surface area contributed by atoms with Gasteiger partial charge in [0, 0.05) is 29.0 Å². The third-order valence-electron chi connectivity index (χ3n) is 4.14. The predicted octanol–water partition coefficient (Wildman–Crippen LogP) is 3.98. The molecule has 0 saturated heterocycles. The van der Waals surface area contributed by atoms with Gasteiger partial charge in [0.1, 0.15) is 11.7 Å². The van der Waals surface area contributed by atoms with Gasteiger partial charge in [-0.25, -0.2) is 4.57 Å². The number of ketones is 1. The van der Waals surface area contributed by atoms with Crippen molar-refractivity contribution in [3.8, 4) is 5.69 Å². The minimum atomic E-state index is -0.316. The fourth-order valence-electron chi connectivity index (χ4n) is 2.95. The Balaban J connectivity index is 1.99. The molecule has 5 heteroatoms. The summed E-state index contributed by atoms with van der Waals surface area (Å²) < 4.78 is 4.82. The Morgan fingerprint density at radius 3 is 2.33 bits per heavy atom. The van der Waals surface area contributed by atoms with E-state index in [1.54, 1.807) is 0 Å². The van der Waals surface area contributed by atoms with Crippen molar-refractivity contribution in [2.24, 2.45) is 0 Å². The van der Waals surface area contributed by atoms with E-state index in [1.807, 2.05) is 84.6 Å². The third kappa shape index (κ3) is 3.04. The molecule has 3 rings (SSSR count). The number of nitrogens with zero attached hydrogens (tertiary/aromatic N) is 3. The first kappa shape index (κ1) is 16.6. The zero-order valence-electron chi connectivity index (χ0n) is 13.9. The highest BCUT2D eigenvalue weighted by Crippen LogP contribution is 2.16. The number of hydrogen-bond acceptors (Lipinski definition) is 2. The number of para-hydroxylation sites is 1. The van der Waals surface area contributed by atoms with Gasteiger partial charge in [0.05, 0.1) is 0 Å². The highest BCUT2D eigenvalue weighted by atomic mass is 79.9. The van der Waals surface area contributed by atoms with Crippen LogP contribution in [0.4, 0.5) is 0 Å². The van der Waals surface area contributed by atoms with E-state index in [2.05, 4.69) is 21.0 Å². The van der Waals surface area contributed by atoms with E-state index in [4.69, 9.17) is 0 Å². The number of hydrogen-bond donors (Lipinski definition) is 0. The van der Waals surface area contributed by atoms with Crippen molar-refractivity contribution in [1.82, 2.24) is 9.78 Å². The van der Waals surface area contributed by atoms with Crippen LogP contribution in [-0.4, -0.2) is 15.6 Å². The average molecular weight is 385 g/mol. The molecule has 0 aliphatic heterocycles. The lowest BCUT2D eigenvalue weighted by Crippen LogP contribution is -2.46. The summed E-state index contributed by atoms with van der Waals surface area (Å²) in [5.41, 5.74) is 1.68. The van der Waals surface area contributed by atoms with E-state index in [-0.39, 0.29) is 11.8 Å². The summed E-state index contributed by atoms with van der Waals surface area (Å²) in [4.78, 5) is 12.8. The zero-order valence-corrected chi connectivity index (χ0v) is 15.5. The standard InChI is InChI=1S/C19H19BrN3O/c1-13(19(24)16-9-11-17(20)12-10-16)22-14(2)21-23(15(22)3)18-7-5-4-6-8-18/h4-13H,1-3H3/q+1. The average Bonchev–Trinajstić information content (AvgIpc) is 2.89. The summed E-state index contributed by atoms with van der Waals surface area (Å²) in [6, 6.07) is 17.1. The molecule has 0 saturated carbocycles. The highest BCUT2D eigenvalue weighted by molar-refractivity contribution is 9.10. The molecule has 4 nitrogen and oxygen atoms in total. The summed E-state index contributed by atoms with van der Waals surface area (Å²) in [6.45, 7) is 5.83. The molecule has 0 N–H and O–H groups in total. The van der Waals surface area contributed by atoms with Crippen LogP contribution >= 0.6 is 15.9 Å². The molecule has 0 fully saturated rings. The van der Waals surface area contributed by atoms with Gasteiger partial charge < -0.3 is 0 Å². The molecule has 1 aromatic heterocycles. The van der Waals surface area contributed by atoms with Gasteiger partial charge in [0.25, 0.3) is 5.82 Å². The van der Waals surface area contributed by atoms with Crippen LogP contribution in [0.15, 0.2) is 59.1 Å². The molecule has 3 aromatic rings. The first-order valence-electron chi connectivity index (χ1n) is 7.82. The highest BCUT2D eigenvalue weighted by Gasteiger charge is 2.29. The Morgan fingerprint density at radius 2 is 1.71 bits per heavy atom. The molecule has 0 radical (unpaired) electrons. The molecule has 122 valence electrons. The third-order valence-corrected chi connectivity index (χ3v) is 4.67. The molecular weight excluding hydrogens is 366 g/mol. The van der Waals surface area contributed by atoms with E-state index in [9.17, 15) is 4.79 Å². The number of Topliss-reactive ketones (excluding diaryl/α,β-unsaturated/α-hetero) is 1. The maximum Gasteiger partial charge on any atom is 0.275 e. The van der Waals surface area contributed by atoms with Crippen LogP contribution in [0.3, 0.4) is 0 Å². The van der Waals surface area contributed by atoms with Gasteiger partial charge in [-0.3, -0.25) is 4.79 Å². The van der Waals surface area contributed by atoms with Crippen molar-refractivity contribution in [3.63, 3.8) is 0 Å². The van der Waals surface area contributed by atoms with Gasteiger partial charge in [0.15, 0.2) is 5.78 Å². The van der Waals surface area contributed by atoms with Gasteiger partial charge in [-0.1, -0.05) is 50.9 Å². The Labute approximate surface area is 149 Å². The maximum atomic E-state index is 12.8. The van der Waals surface area contributed by atoms with E-state index in [1.165, 1.54) is 0 Å². The molecule has 0 aliphatic carbocycles. The van der Waals surface area contributed by atoms with Crippen LogP contribution in [0, 0.1) is 13.8 Å². The number of rotatable bonds is 4. The Kier molecular flexibility index (Phi) is 4.62. The molecule has 0 spiro atoms. The smallest absolute Gasteiger partial charge is 0.275 e. The van der Waals surface area contributed by atoms with Gasteiger partial charge in [-0.2, -0.15) is 0 Å². The van der Waals surface area contributed by atoms with E-state index >= 15 is 0 Å². The monoisotopic (exact) mass is 384 g/mol. The SMILES string of the molecule is Cc1nn(-c2ccccc2)c(C)[n+]1C(C)C(=O)c1ccc(Br)cc1. The van der Waals surface area contributed by atoms with Gasteiger partial charge in [-0.05, 0) is 31.2 Å². The summed E-state index contributed by atoms with van der Waals surface area (Å²) in [5.74, 6) is 1.82. The van der Waals surface area contributed by atoms with Crippen molar-refractivity contribution in [1.29, 1.82) is 0 Å². The van der Waals surface area contributed by atoms with Crippen LogP contribution in [0.2, 0.25) is 0 Å². The normalized spacial score (nSPS) is 12.2. The van der Waals surface area contributed by atoms with Crippen molar-refractivity contribution in [2.75, 3.05) is 0 Å². The molecule has 2 aromatic carbocycles. The topological polar surface area (TPSA) is 38.8 Å². The molecule has 0 bridgehead atoms. The second-order valence-corrected chi connectivity index (χ2v) is 6.67. The van der Waals surface area contributed by atoms with Gasteiger partial charge >= 0.3 is 0 Å².